The summed E-state index contributed by atoms with van der Waals surface area (Å²) in [5.41, 5.74) is 1.23. The molecular formula is C19H20FNO2. The van der Waals surface area contributed by atoms with Gasteiger partial charge in [-0.2, -0.15) is 0 Å². The zero-order valence-electron chi connectivity index (χ0n) is 12.9. The summed E-state index contributed by atoms with van der Waals surface area (Å²) in [6.07, 6.45) is 1.69. The van der Waals surface area contributed by atoms with Crippen molar-refractivity contribution in [1.29, 1.82) is 0 Å². The highest BCUT2D eigenvalue weighted by atomic mass is 19.1. The fourth-order valence-electron chi connectivity index (χ4n) is 3.20. The van der Waals surface area contributed by atoms with Gasteiger partial charge in [0.25, 0.3) is 5.91 Å². The van der Waals surface area contributed by atoms with Crippen LogP contribution in [0.25, 0.3) is 0 Å². The van der Waals surface area contributed by atoms with Gasteiger partial charge < -0.3 is 10.0 Å². The van der Waals surface area contributed by atoms with Crippen LogP contribution in [0.4, 0.5) is 4.39 Å². The topological polar surface area (TPSA) is 40.5 Å². The molecular weight excluding hydrogens is 293 g/mol. The van der Waals surface area contributed by atoms with Gasteiger partial charge in [-0.05, 0) is 43.0 Å². The van der Waals surface area contributed by atoms with E-state index in [0.717, 1.165) is 18.4 Å². The van der Waals surface area contributed by atoms with Crippen LogP contribution >= 0.6 is 0 Å². The molecule has 1 N–H and O–H groups in total. The molecule has 3 nitrogen and oxygen atoms in total. The van der Waals surface area contributed by atoms with Gasteiger partial charge in [0.2, 0.25) is 0 Å². The SMILES string of the molecule is O=C(c1cccc(F)c1)N1CCC[C@@H]1C[C@@H](O)c1ccccc1. The minimum absolute atomic E-state index is 0.0130. The summed E-state index contributed by atoms with van der Waals surface area (Å²) >= 11 is 0. The molecule has 1 saturated heterocycles. The largest absolute Gasteiger partial charge is 0.388 e. The lowest BCUT2D eigenvalue weighted by atomic mass is 10.00. The van der Waals surface area contributed by atoms with Gasteiger partial charge in [-0.3, -0.25) is 4.79 Å². The molecule has 0 aliphatic carbocycles. The molecule has 120 valence electrons. The van der Waals surface area contributed by atoms with E-state index in [1.807, 2.05) is 30.3 Å². The Morgan fingerprint density at radius 2 is 2.00 bits per heavy atom. The Morgan fingerprint density at radius 1 is 1.22 bits per heavy atom. The third-order valence-electron chi connectivity index (χ3n) is 4.39. The minimum Gasteiger partial charge on any atom is -0.388 e. The van der Waals surface area contributed by atoms with E-state index in [-0.39, 0.29) is 11.9 Å². The van der Waals surface area contributed by atoms with Crippen molar-refractivity contribution < 1.29 is 14.3 Å². The molecule has 3 rings (SSSR count). The van der Waals surface area contributed by atoms with Gasteiger partial charge in [0.1, 0.15) is 5.82 Å². The summed E-state index contributed by atoms with van der Waals surface area (Å²) in [4.78, 5) is 14.4. The molecule has 2 aromatic carbocycles. The highest BCUT2D eigenvalue weighted by Crippen LogP contribution is 2.28. The van der Waals surface area contributed by atoms with Crippen molar-refractivity contribution in [2.45, 2.75) is 31.4 Å². The number of hydrogen-bond donors (Lipinski definition) is 1. The van der Waals surface area contributed by atoms with E-state index in [9.17, 15) is 14.3 Å². The van der Waals surface area contributed by atoms with E-state index in [4.69, 9.17) is 0 Å². The second kappa shape index (κ2) is 6.92. The minimum atomic E-state index is -0.595. The number of carbonyl (C=O) groups excluding carboxylic acids is 1. The second-order valence-electron chi connectivity index (χ2n) is 5.97. The monoisotopic (exact) mass is 313 g/mol. The highest BCUT2D eigenvalue weighted by Gasteiger charge is 2.31. The van der Waals surface area contributed by atoms with Gasteiger partial charge >= 0.3 is 0 Å². The standard InChI is InChI=1S/C19H20FNO2/c20-16-9-4-8-15(12-16)19(23)21-11-5-10-17(21)13-18(22)14-6-2-1-3-7-14/h1-4,6-9,12,17-18,22H,5,10-11,13H2/t17-,18-/m1/s1. The number of nitrogens with zero attached hydrogens (tertiary/aromatic N) is 1. The maximum absolute atomic E-state index is 13.3. The van der Waals surface area contributed by atoms with Gasteiger partial charge in [0.15, 0.2) is 0 Å². The molecule has 0 radical (unpaired) electrons. The van der Waals surface area contributed by atoms with Crippen molar-refractivity contribution in [3.05, 3.63) is 71.5 Å². The van der Waals surface area contributed by atoms with Crippen LogP contribution in [-0.2, 0) is 0 Å². The van der Waals surface area contributed by atoms with Crippen molar-refractivity contribution in [3.63, 3.8) is 0 Å². The number of halogens is 1. The lowest BCUT2D eigenvalue weighted by molar-refractivity contribution is 0.0666. The average Bonchev–Trinajstić information content (AvgIpc) is 3.03. The molecule has 1 heterocycles. The lowest BCUT2D eigenvalue weighted by Crippen LogP contribution is -2.36. The first-order valence-corrected chi connectivity index (χ1v) is 7.94. The van der Waals surface area contributed by atoms with Gasteiger partial charge in [-0.1, -0.05) is 36.4 Å². The number of likely N-dealkylation sites (tertiary alicyclic amines) is 1. The lowest BCUT2D eigenvalue weighted by Gasteiger charge is -2.27. The Kier molecular flexibility index (Phi) is 4.72. The first-order chi connectivity index (χ1) is 11.1. The summed E-state index contributed by atoms with van der Waals surface area (Å²) in [6.45, 7) is 0.654. The number of rotatable bonds is 4. The number of aliphatic hydroxyl groups is 1. The maximum Gasteiger partial charge on any atom is 0.254 e. The predicted molar refractivity (Wildman–Crippen MR) is 86.5 cm³/mol. The predicted octanol–water partition coefficient (Wildman–Crippen LogP) is 3.55. The summed E-state index contributed by atoms with van der Waals surface area (Å²) in [5, 5.41) is 10.4. The van der Waals surface area contributed by atoms with Crippen molar-refractivity contribution in [1.82, 2.24) is 4.90 Å². The van der Waals surface area contributed by atoms with E-state index >= 15 is 0 Å². The quantitative estimate of drug-likeness (QED) is 0.937. The molecule has 4 heteroatoms. The summed E-state index contributed by atoms with van der Waals surface area (Å²) in [6, 6.07) is 15.2. The third-order valence-corrected chi connectivity index (χ3v) is 4.39. The Bertz CT molecular complexity index is 674. The third kappa shape index (κ3) is 3.59. The Hall–Kier alpha value is -2.20. The summed E-state index contributed by atoms with van der Waals surface area (Å²) < 4.78 is 13.3. The van der Waals surface area contributed by atoms with E-state index in [1.165, 1.54) is 12.1 Å². The molecule has 2 atom stereocenters. The molecule has 0 saturated carbocycles. The van der Waals surface area contributed by atoms with Crippen LogP contribution in [0.3, 0.4) is 0 Å². The van der Waals surface area contributed by atoms with Crippen LogP contribution in [0.5, 0.6) is 0 Å². The first-order valence-electron chi connectivity index (χ1n) is 7.94. The molecule has 0 bridgehead atoms. The molecule has 1 amide bonds. The van der Waals surface area contributed by atoms with Crippen LogP contribution in [-0.4, -0.2) is 28.5 Å². The molecule has 0 spiro atoms. The molecule has 1 aliphatic rings. The van der Waals surface area contributed by atoms with Crippen LogP contribution < -0.4 is 0 Å². The Morgan fingerprint density at radius 3 is 2.74 bits per heavy atom. The molecule has 2 aromatic rings. The van der Waals surface area contributed by atoms with Crippen molar-refractivity contribution in [2.24, 2.45) is 0 Å². The van der Waals surface area contributed by atoms with Crippen molar-refractivity contribution >= 4 is 5.91 Å². The number of amides is 1. The zero-order valence-corrected chi connectivity index (χ0v) is 12.9. The molecule has 0 aromatic heterocycles. The van der Waals surface area contributed by atoms with E-state index < -0.39 is 11.9 Å². The van der Waals surface area contributed by atoms with Gasteiger partial charge in [-0.25, -0.2) is 4.39 Å². The number of hydrogen-bond acceptors (Lipinski definition) is 2. The number of benzene rings is 2. The number of carbonyl (C=O) groups is 1. The smallest absolute Gasteiger partial charge is 0.254 e. The maximum atomic E-state index is 13.3. The Balaban J connectivity index is 1.71. The Labute approximate surface area is 135 Å². The second-order valence-corrected chi connectivity index (χ2v) is 5.97. The molecule has 1 fully saturated rings. The van der Waals surface area contributed by atoms with Gasteiger partial charge in [0.05, 0.1) is 6.10 Å². The van der Waals surface area contributed by atoms with Crippen LogP contribution in [0.2, 0.25) is 0 Å². The van der Waals surface area contributed by atoms with E-state index in [0.29, 0.717) is 18.5 Å². The summed E-state index contributed by atoms with van der Waals surface area (Å²) in [7, 11) is 0. The molecule has 23 heavy (non-hydrogen) atoms. The first kappa shape index (κ1) is 15.7. The fourth-order valence-corrected chi connectivity index (χ4v) is 3.20. The fraction of sp³-hybridized carbons (Fsp3) is 0.316. The van der Waals surface area contributed by atoms with Crippen LogP contribution in [0.1, 0.15) is 41.3 Å². The number of aliphatic hydroxyl groups excluding tert-OH is 1. The highest BCUT2D eigenvalue weighted by molar-refractivity contribution is 5.94. The van der Waals surface area contributed by atoms with E-state index in [1.54, 1.807) is 17.0 Å². The van der Waals surface area contributed by atoms with Crippen LogP contribution in [0, 0.1) is 5.82 Å². The van der Waals surface area contributed by atoms with Gasteiger partial charge in [0, 0.05) is 18.2 Å². The van der Waals surface area contributed by atoms with Gasteiger partial charge in [-0.15, -0.1) is 0 Å². The van der Waals surface area contributed by atoms with Crippen LogP contribution in [0.15, 0.2) is 54.6 Å². The normalized spacial score (nSPS) is 18.9. The zero-order chi connectivity index (χ0) is 16.2. The van der Waals surface area contributed by atoms with Crippen molar-refractivity contribution in [3.8, 4) is 0 Å². The summed E-state index contributed by atoms with van der Waals surface area (Å²) in [5.74, 6) is -0.567. The molecule has 1 aliphatic heterocycles. The molecule has 0 unspecified atom stereocenters. The average molecular weight is 313 g/mol. The van der Waals surface area contributed by atoms with Crippen molar-refractivity contribution in [2.75, 3.05) is 6.54 Å². The van der Waals surface area contributed by atoms with E-state index in [2.05, 4.69) is 0 Å².